The van der Waals surface area contributed by atoms with Gasteiger partial charge in [0, 0.05) is 5.56 Å². The van der Waals surface area contributed by atoms with E-state index < -0.39 is 0 Å². The molecule has 146 valence electrons. The molecule has 1 aliphatic heterocycles. The van der Waals surface area contributed by atoms with E-state index in [0.717, 1.165) is 16.7 Å². The second-order valence-corrected chi connectivity index (χ2v) is 6.58. The molecule has 0 aliphatic carbocycles. The highest BCUT2D eigenvalue weighted by atomic mass is 16.7. The van der Waals surface area contributed by atoms with Gasteiger partial charge in [-0.1, -0.05) is 29.4 Å². The lowest BCUT2D eigenvalue weighted by Gasteiger charge is -2.05. The fraction of sp³-hybridized carbons (Fsp3) is 0.0870. The third-order valence-corrected chi connectivity index (χ3v) is 4.66. The standard InChI is InChI=1S/C23H15N3O4/c24-12-15-1-3-16(4-2-15)17-5-8-19(9-6-17)27-13-22-25-23(26-30-22)18-7-10-20-21(11-18)29-14-28-20/h1-11H,13-14H2. The van der Waals surface area contributed by atoms with Crippen molar-refractivity contribution in [1.82, 2.24) is 10.1 Å². The highest BCUT2D eigenvalue weighted by molar-refractivity contribution is 5.65. The van der Waals surface area contributed by atoms with Gasteiger partial charge >= 0.3 is 0 Å². The first-order chi connectivity index (χ1) is 14.8. The fourth-order valence-corrected chi connectivity index (χ4v) is 3.09. The van der Waals surface area contributed by atoms with Crippen LogP contribution in [0.3, 0.4) is 0 Å². The topological polar surface area (TPSA) is 90.4 Å². The van der Waals surface area contributed by atoms with Crippen molar-refractivity contribution in [1.29, 1.82) is 5.26 Å². The molecule has 0 spiro atoms. The predicted molar refractivity (Wildman–Crippen MR) is 107 cm³/mol. The maximum absolute atomic E-state index is 8.90. The van der Waals surface area contributed by atoms with Gasteiger partial charge in [-0.3, -0.25) is 0 Å². The molecule has 0 saturated heterocycles. The van der Waals surface area contributed by atoms with Crippen LogP contribution in [-0.2, 0) is 6.61 Å². The van der Waals surface area contributed by atoms with E-state index in [4.69, 9.17) is 24.0 Å². The molecule has 1 aliphatic rings. The smallest absolute Gasteiger partial charge is 0.264 e. The Morgan fingerprint density at radius 3 is 2.33 bits per heavy atom. The van der Waals surface area contributed by atoms with Crippen molar-refractivity contribution in [3.63, 3.8) is 0 Å². The summed E-state index contributed by atoms with van der Waals surface area (Å²) in [5.41, 5.74) is 3.49. The summed E-state index contributed by atoms with van der Waals surface area (Å²) in [5.74, 6) is 2.89. The van der Waals surface area contributed by atoms with Crippen molar-refractivity contribution < 1.29 is 18.7 Å². The third-order valence-electron chi connectivity index (χ3n) is 4.66. The minimum Gasteiger partial charge on any atom is -0.484 e. The summed E-state index contributed by atoms with van der Waals surface area (Å²) in [7, 11) is 0. The average Bonchev–Trinajstić information content (AvgIpc) is 3.47. The van der Waals surface area contributed by atoms with Crippen LogP contribution >= 0.6 is 0 Å². The zero-order chi connectivity index (χ0) is 20.3. The van der Waals surface area contributed by atoms with E-state index in [1.165, 1.54) is 0 Å². The molecular weight excluding hydrogens is 382 g/mol. The van der Waals surface area contributed by atoms with Gasteiger partial charge in [0.1, 0.15) is 5.75 Å². The largest absolute Gasteiger partial charge is 0.484 e. The van der Waals surface area contributed by atoms with E-state index in [2.05, 4.69) is 16.2 Å². The maximum Gasteiger partial charge on any atom is 0.264 e. The number of hydrogen-bond acceptors (Lipinski definition) is 7. The number of aromatic nitrogens is 2. The van der Waals surface area contributed by atoms with Crippen LogP contribution < -0.4 is 14.2 Å². The number of ether oxygens (including phenoxy) is 3. The molecule has 0 atom stereocenters. The van der Waals surface area contributed by atoms with E-state index >= 15 is 0 Å². The molecule has 3 aromatic carbocycles. The lowest BCUT2D eigenvalue weighted by Crippen LogP contribution is -1.95. The highest BCUT2D eigenvalue weighted by Crippen LogP contribution is 2.35. The van der Waals surface area contributed by atoms with Crippen molar-refractivity contribution in [3.05, 3.63) is 78.2 Å². The first-order valence-corrected chi connectivity index (χ1v) is 9.24. The quantitative estimate of drug-likeness (QED) is 0.487. The zero-order valence-corrected chi connectivity index (χ0v) is 15.7. The van der Waals surface area contributed by atoms with Crippen molar-refractivity contribution in [3.8, 4) is 45.8 Å². The average molecular weight is 397 g/mol. The molecule has 0 amide bonds. The Morgan fingerprint density at radius 1 is 0.867 bits per heavy atom. The van der Waals surface area contributed by atoms with Gasteiger partial charge in [0.15, 0.2) is 18.1 Å². The van der Waals surface area contributed by atoms with Crippen LogP contribution in [0.5, 0.6) is 17.2 Å². The normalized spacial score (nSPS) is 11.8. The van der Waals surface area contributed by atoms with Crippen LogP contribution in [0.15, 0.2) is 71.3 Å². The third kappa shape index (κ3) is 3.54. The van der Waals surface area contributed by atoms with Crippen LogP contribution in [0.1, 0.15) is 11.5 Å². The van der Waals surface area contributed by atoms with Gasteiger partial charge < -0.3 is 18.7 Å². The molecule has 7 heteroatoms. The Morgan fingerprint density at radius 2 is 1.57 bits per heavy atom. The van der Waals surface area contributed by atoms with Crippen LogP contribution in [0, 0.1) is 11.3 Å². The summed E-state index contributed by atoms with van der Waals surface area (Å²) in [6, 6.07) is 22.7. The summed E-state index contributed by atoms with van der Waals surface area (Å²) in [6.45, 7) is 0.377. The van der Waals surface area contributed by atoms with Gasteiger partial charge in [-0.2, -0.15) is 10.2 Å². The summed E-state index contributed by atoms with van der Waals surface area (Å²) in [5, 5.41) is 12.9. The molecule has 2 heterocycles. The Hall–Kier alpha value is -4.31. The van der Waals surface area contributed by atoms with Crippen LogP contribution in [0.4, 0.5) is 0 Å². The zero-order valence-electron chi connectivity index (χ0n) is 15.7. The molecule has 1 aromatic heterocycles. The molecule has 5 rings (SSSR count). The van der Waals surface area contributed by atoms with Gasteiger partial charge in [0.2, 0.25) is 12.6 Å². The number of rotatable bonds is 5. The minimum atomic E-state index is 0.160. The van der Waals surface area contributed by atoms with Crippen molar-refractivity contribution >= 4 is 0 Å². The van der Waals surface area contributed by atoms with Crippen LogP contribution in [0.25, 0.3) is 22.5 Å². The number of fused-ring (bicyclic) bond motifs is 1. The Kier molecular flexibility index (Phi) is 4.50. The van der Waals surface area contributed by atoms with Crippen molar-refractivity contribution in [2.45, 2.75) is 6.61 Å². The molecule has 7 nitrogen and oxygen atoms in total. The Bertz CT molecular complexity index is 1220. The molecule has 0 unspecified atom stereocenters. The summed E-state index contributed by atoms with van der Waals surface area (Å²) >= 11 is 0. The second-order valence-electron chi connectivity index (χ2n) is 6.58. The monoisotopic (exact) mass is 397 g/mol. The first-order valence-electron chi connectivity index (χ1n) is 9.24. The number of nitrogens with zero attached hydrogens (tertiary/aromatic N) is 3. The molecule has 0 N–H and O–H groups in total. The molecule has 0 saturated carbocycles. The number of nitriles is 1. The van der Waals surface area contributed by atoms with Gasteiger partial charge in [-0.25, -0.2) is 0 Å². The molecule has 30 heavy (non-hydrogen) atoms. The molecule has 0 fully saturated rings. The summed E-state index contributed by atoms with van der Waals surface area (Å²) in [4.78, 5) is 4.38. The highest BCUT2D eigenvalue weighted by Gasteiger charge is 2.16. The van der Waals surface area contributed by atoms with E-state index in [9.17, 15) is 0 Å². The van der Waals surface area contributed by atoms with Crippen LogP contribution in [0.2, 0.25) is 0 Å². The maximum atomic E-state index is 8.90. The first kappa shape index (κ1) is 17.8. The van der Waals surface area contributed by atoms with E-state index in [-0.39, 0.29) is 13.4 Å². The second kappa shape index (κ2) is 7.60. The van der Waals surface area contributed by atoms with Crippen molar-refractivity contribution in [2.24, 2.45) is 0 Å². The summed E-state index contributed by atoms with van der Waals surface area (Å²) in [6.07, 6.45) is 0. The Labute approximate surface area is 172 Å². The van der Waals surface area contributed by atoms with Gasteiger partial charge in [-0.05, 0) is 53.6 Å². The lowest BCUT2D eigenvalue weighted by atomic mass is 10.0. The van der Waals surface area contributed by atoms with E-state index in [0.29, 0.717) is 34.5 Å². The molecule has 0 bridgehead atoms. The molecule has 0 radical (unpaired) electrons. The van der Waals surface area contributed by atoms with E-state index in [1.54, 1.807) is 12.1 Å². The minimum absolute atomic E-state index is 0.160. The van der Waals surface area contributed by atoms with E-state index in [1.807, 2.05) is 54.6 Å². The number of hydrogen-bond donors (Lipinski definition) is 0. The van der Waals surface area contributed by atoms with Crippen molar-refractivity contribution in [2.75, 3.05) is 6.79 Å². The predicted octanol–water partition coefficient (Wildman–Crippen LogP) is 4.58. The van der Waals surface area contributed by atoms with Gasteiger partial charge in [0.05, 0.1) is 11.6 Å². The SMILES string of the molecule is N#Cc1ccc(-c2ccc(OCc3nc(-c4ccc5c(c4)OCO5)no3)cc2)cc1. The van der Waals surface area contributed by atoms with Gasteiger partial charge in [0.25, 0.3) is 5.89 Å². The Balaban J connectivity index is 1.24. The molecule has 4 aromatic rings. The van der Waals surface area contributed by atoms with Crippen LogP contribution in [-0.4, -0.2) is 16.9 Å². The number of benzene rings is 3. The van der Waals surface area contributed by atoms with Gasteiger partial charge in [-0.15, -0.1) is 0 Å². The molecular formula is C23H15N3O4. The lowest BCUT2D eigenvalue weighted by molar-refractivity contribution is 0.174. The fourth-order valence-electron chi connectivity index (χ4n) is 3.09. The summed E-state index contributed by atoms with van der Waals surface area (Å²) < 4.78 is 21.7.